The van der Waals surface area contributed by atoms with Crippen LogP contribution in [0.15, 0.2) is 16.7 Å². The number of urea groups is 1. The Morgan fingerprint density at radius 1 is 1.43 bits per heavy atom. The Balaban J connectivity index is 2.38. The van der Waals surface area contributed by atoms with Crippen molar-refractivity contribution in [3.05, 3.63) is 27.3 Å². The summed E-state index contributed by atoms with van der Waals surface area (Å²) < 4.78 is 39.1. The van der Waals surface area contributed by atoms with Gasteiger partial charge in [-0.25, -0.2) is 14.8 Å². The van der Waals surface area contributed by atoms with Gasteiger partial charge in [-0.2, -0.15) is 13.2 Å². The largest absolute Gasteiger partial charge is 0.434 e. The van der Waals surface area contributed by atoms with Crippen LogP contribution in [0.5, 0.6) is 0 Å². The summed E-state index contributed by atoms with van der Waals surface area (Å²) in [6.45, 7) is 3.57. The number of hydrogen-bond acceptors (Lipinski definition) is 4. The van der Waals surface area contributed by atoms with E-state index in [-0.39, 0.29) is 15.7 Å². The van der Waals surface area contributed by atoms with Crippen LogP contribution in [0.25, 0.3) is 10.6 Å². The second kappa shape index (κ2) is 6.83. The number of aryl methyl sites for hydroxylation is 1. The van der Waals surface area contributed by atoms with E-state index in [4.69, 9.17) is 0 Å². The van der Waals surface area contributed by atoms with Gasteiger partial charge in [0.2, 0.25) is 0 Å². The van der Waals surface area contributed by atoms with Gasteiger partial charge in [0.15, 0.2) is 5.69 Å². The summed E-state index contributed by atoms with van der Waals surface area (Å²) in [4.78, 5) is 19.3. The maximum Gasteiger partial charge on any atom is 0.434 e. The molecule has 124 valence electrons. The fourth-order valence-electron chi connectivity index (χ4n) is 1.77. The van der Waals surface area contributed by atoms with Crippen LogP contribution in [-0.4, -0.2) is 22.5 Å². The van der Waals surface area contributed by atoms with Crippen molar-refractivity contribution in [2.75, 3.05) is 11.9 Å². The molecule has 5 nitrogen and oxygen atoms in total. The molecule has 10 heteroatoms. The van der Waals surface area contributed by atoms with Crippen LogP contribution in [0.4, 0.5) is 23.8 Å². The lowest BCUT2D eigenvalue weighted by Gasteiger charge is -2.07. The van der Waals surface area contributed by atoms with E-state index in [0.29, 0.717) is 16.6 Å². The lowest BCUT2D eigenvalue weighted by atomic mass is 10.2. The smallest absolute Gasteiger partial charge is 0.338 e. The normalized spacial score (nSPS) is 11.4. The monoisotopic (exact) mass is 408 g/mol. The van der Waals surface area contributed by atoms with Crippen molar-refractivity contribution in [3.63, 3.8) is 0 Å². The minimum atomic E-state index is -4.50. The average Bonchev–Trinajstić information content (AvgIpc) is 2.83. The van der Waals surface area contributed by atoms with Crippen LogP contribution in [0.2, 0.25) is 0 Å². The highest BCUT2D eigenvalue weighted by Crippen LogP contribution is 2.39. The van der Waals surface area contributed by atoms with Crippen molar-refractivity contribution < 1.29 is 18.0 Å². The van der Waals surface area contributed by atoms with E-state index in [1.807, 2.05) is 0 Å². The molecule has 2 N–H and O–H groups in total. The van der Waals surface area contributed by atoms with Gasteiger partial charge in [0, 0.05) is 27.7 Å². The Bertz CT molecular complexity index is 732. The van der Waals surface area contributed by atoms with Gasteiger partial charge >= 0.3 is 12.2 Å². The lowest BCUT2D eigenvalue weighted by molar-refractivity contribution is -0.141. The maximum absolute atomic E-state index is 12.9. The van der Waals surface area contributed by atoms with Crippen molar-refractivity contribution in [3.8, 4) is 10.6 Å². The van der Waals surface area contributed by atoms with Gasteiger partial charge in [-0.1, -0.05) is 0 Å². The molecule has 0 radical (unpaired) electrons. The average molecular weight is 409 g/mol. The fraction of sp³-hybridized carbons (Fsp3) is 0.308. The molecular formula is C13H12BrF3N4OS. The third kappa shape index (κ3) is 4.20. The number of thiazole rings is 1. The summed E-state index contributed by atoms with van der Waals surface area (Å²) in [5.74, 6) is 0.218. The number of nitrogens with one attached hydrogen (secondary N) is 2. The number of aromatic nitrogens is 2. The lowest BCUT2D eigenvalue weighted by Crippen LogP contribution is -2.28. The Morgan fingerprint density at radius 3 is 2.70 bits per heavy atom. The third-order valence-electron chi connectivity index (χ3n) is 2.73. The van der Waals surface area contributed by atoms with Gasteiger partial charge < -0.3 is 5.32 Å². The van der Waals surface area contributed by atoms with Gasteiger partial charge in [0.25, 0.3) is 0 Å². The molecule has 0 fully saturated rings. The number of carbonyl (C=O) groups is 1. The van der Waals surface area contributed by atoms with E-state index >= 15 is 0 Å². The highest BCUT2D eigenvalue weighted by Gasteiger charge is 2.36. The van der Waals surface area contributed by atoms with Gasteiger partial charge in [0.1, 0.15) is 10.8 Å². The molecule has 0 aliphatic rings. The van der Waals surface area contributed by atoms with Crippen molar-refractivity contribution in [1.82, 2.24) is 15.3 Å². The number of rotatable bonds is 3. The predicted molar refractivity (Wildman–Crippen MR) is 85.5 cm³/mol. The van der Waals surface area contributed by atoms with E-state index in [2.05, 4.69) is 36.5 Å². The summed E-state index contributed by atoms with van der Waals surface area (Å²) in [5, 5.41) is 5.24. The highest BCUT2D eigenvalue weighted by atomic mass is 79.9. The van der Waals surface area contributed by atoms with Crippen molar-refractivity contribution in [2.45, 2.75) is 20.0 Å². The SMILES string of the molecule is CCNC(=O)Nc1cc(-c2nc(C(F)(F)F)c(C)s2)c(Br)cn1. The zero-order chi connectivity index (χ0) is 17.2. The van der Waals surface area contributed by atoms with Gasteiger partial charge in [0.05, 0.1) is 0 Å². The van der Waals surface area contributed by atoms with Crippen molar-refractivity contribution in [1.29, 1.82) is 0 Å². The molecule has 0 atom stereocenters. The van der Waals surface area contributed by atoms with E-state index in [1.54, 1.807) is 6.92 Å². The molecule has 0 spiro atoms. The molecule has 0 saturated heterocycles. The molecule has 0 aliphatic heterocycles. The number of halogens is 4. The standard InChI is InChI=1S/C13H12BrF3N4OS/c1-3-18-12(22)20-9-4-7(8(14)5-19-9)11-21-10(6(2)23-11)13(15,16)17/h4-5H,3H2,1-2H3,(H2,18,19,20,22). The van der Waals surface area contributed by atoms with Gasteiger partial charge in [-0.05, 0) is 35.8 Å². The number of nitrogens with zero attached hydrogens (tertiary/aromatic N) is 2. The van der Waals surface area contributed by atoms with Crippen LogP contribution in [-0.2, 0) is 6.18 Å². The summed E-state index contributed by atoms with van der Waals surface area (Å²) in [6, 6.07) is 1.03. The van der Waals surface area contributed by atoms with Crippen molar-refractivity contribution in [2.24, 2.45) is 0 Å². The van der Waals surface area contributed by atoms with E-state index in [0.717, 1.165) is 11.3 Å². The third-order valence-corrected chi connectivity index (χ3v) is 4.37. The highest BCUT2D eigenvalue weighted by molar-refractivity contribution is 9.10. The number of alkyl halides is 3. The number of anilines is 1. The topological polar surface area (TPSA) is 66.9 Å². The first kappa shape index (κ1) is 17.7. The molecule has 0 bridgehead atoms. The summed E-state index contributed by atoms with van der Waals surface area (Å²) in [7, 11) is 0. The van der Waals surface area contributed by atoms with Crippen LogP contribution in [0.3, 0.4) is 0 Å². The molecule has 23 heavy (non-hydrogen) atoms. The molecule has 2 amide bonds. The van der Waals surface area contributed by atoms with E-state index < -0.39 is 17.9 Å². The van der Waals surface area contributed by atoms with Crippen molar-refractivity contribution >= 4 is 39.1 Å². The van der Waals surface area contributed by atoms with Crippen LogP contribution in [0, 0.1) is 6.92 Å². The van der Waals surface area contributed by atoms with Gasteiger partial charge in [-0.3, -0.25) is 5.32 Å². The molecule has 2 heterocycles. The van der Waals surface area contributed by atoms with Crippen LogP contribution < -0.4 is 10.6 Å². The second-order valence-electron chi connectivity index (χ2n) is 4.46. The molecular weight excluding hydrogens is 397 g/mol. The van der Waals surface area contributed by atoms with Crippen LogP contribution in [0.1, 0.15) is 17.5 Å². The minimum absolute atomic E-state index is 0.0782. The summed E-state index contributed by atoms with van der Waals surface area (Å²) in [6.07, 6.45) is -3.10. The first-order valence-electron chi connectivity index (χ1n) is 6.47. The minimum Gasteiger partial charge on any atom is -0.338 e. The molecule has 0 unspecified atom stereocenters. The number of amides is 2. The maximum atomic E-state index is 12.9. The first-order valence-corrected chi connectivity index (χ1v) is 8.08. The van der Waals surface area contributed by atoms with Crippen LogP contribution >= 0.6 is 27.3 Å². The summed E-state index contributed by atoms with van der Waals surface area (Å²) >= 11 is 4.17. The zero-order valence-corrected chi connectivity index (χ0v) is 14.5. The summed E-state index contributed by atoms with van der Waals surface area (Å²) in [5.41, 5.74) is -0.477. The van der Waals surface area contributed by atoms with Gasteiger partial charge in [-0.15, -0.1) is 11.3 Å². The quantitative estimate of drug-likeness (QED) is 0.788. The Hall–Kier alpha value is -1.68. The molecule has 0 aromatic carbocycles. The second-order valence-corrected chi connectivity index (χ2v) is 6.51. The number of carbonyl (C=O) groups excluding carboxylic acids is 1. The fourth-order valence-corrected chi connectivity index (χ4v) is 3.27. The Kier molecular flexibility index (Phi) is 5.25. The van der Waals surface area contributed by atoms with E-state index in [1.165, 1.54) is 19.2 Å². The van der Waals surface area contributed by atoms with E-state index in [9.17, 15) is 18.0 Å². The molecule has 2 aromatic rings. The number of hydrogen-bond donors (Lipinski definition) is 2. The Morgan fingerprint density at radius 2 is 2.13 bits per heavy atom. The molecule has 2 aromatic heterocycles. The predicted octanol–water partition coefficient (Wildman–Crippen LogP) is 4.44. The molecule has 0 aliphatic carbocycles. The zero-order valence-electron chi connectivity index (χ0n) is 12.1. The molecule has 2 rings (SSSR count). The Labute approximate surface area is 142 Å². The first-order chi connectivity index (χ1) is 10.7. The number of pyridine rings is 1. The molecule has 0 saturated carbocycles.